The molecule has 7 aromatic carbocycles. The summed E-state index contributed by atoms with van der Waals surface area (Å²) in [6, 6.07) is 59.4. The predicted molar refractivity (Wildman–Crippen MR) is 199 cm³/mol. The summed E-state index contributed by atoms with van der Waals surface area (Å²) in [6.07, 6.45) is 0. The Morgan fingerprint density at radius 2 is 0.660 bits per heavy atom. The largest absolute Gasteiger partial charge is 0.310 e. The molecule has 2 aromatic heterocycles. The van der Waals surface area contributed by atoms with Crippen LogP contribution in [0.4, 0.5) is 17.1 Å². The molecular weight excluding hydrogens is 571 g/mol. The number of hydrogen-bond donors (Lipinski definition) is 0. The Morgan fingerprint density at radius 1 is 0.340 bits per heavy atom. The van der Waals surface area contributed by atoms with Crippen molar-refractivity contribution in [2.24, 2.45) is 0 Å². The van der Waals surface area contributed by atoms with E-state index in [1.807, 2.05) is 0 Å². The third-order valence-electron chi connectivity index (χ3n) is 9.36. The molecule has 0 saturated heterocycles. The molecule has 3 heteroatoms. The Kier molecular flexibility index (Phi) is 6.26. The van der Waals surface area contributed by atoms with E-state index in [1.165, 1.54) is 54.7 Å². The van der Waals surface area contributed by atoms with E-state index in [-0.39, 0.29) is 0 Å². The van der Waals surface area contributed by atoms with Gasteiger partial charge in [0.15, 0.2) is 0 Å². The average Bonchev–Trinajstić information content (AvgIpc) is 3.62. The Labute approximate surface area is 274 Å². The molecule has 0 fully saturated rings. The quantitative estimate of drug-likeness (QED) is 0.191. The van der Waals surface area contributed by atoms with Crippen LogP contribution in [-0.4, -0.2) is 9.13 Å². The smallest absolute Gasteiger partial charge is 0.0541 e. The minimum Gasteiger partial charge on any atom is -0.310 e. The molecule has 0 N–H and O–H groups in total. The van der Waals surface area contributed by atoms with Gasteiger partial charge in [0.05, 0.1) is 22.1 Å². The lowest BCUT2D eigenvalue weighted by atomic mass is 10.1. The lowest BCUT2D eigenvalue weighted by Crippen LogP contribution is -2.11. The number of anilines is 3. The summed E-state index contributed by atoms with van der Waals surface area (Å²) in [5, 5.41) is 5.08. The first-order valence-electron chi connectivity index (χ1n) is 16.2. The van der Waals surface area contributed by atoms with Crippen molar-refractivity contribution in [1.29, 1.82) is 0 Å². The number of fused-ring (bicyclic) bond motifs is 6. The normalized spacial score (nSPS) is 11.6. The summed E-state index contributed by atoms with van der Waals surface area (Å²) in [5.41, 5.74) is 13.0. The molecule has 9 rings (SSSR count). The van der Waals surface area contributed by atoms with Crippen molar-refractivity contribution in [1.82, 2.24) is 9.13 Å². The molecule has 0 amide bonds. The standard InChI is InChI=1S/C44H33N3/c1-30-27-31(2)29-36(28-30)45(32-19-23-34(24-20-32)46-41-15-7-3-11-37(41)38-12-4-8-16-42(38)46)33-21-25-35(26-22-33)47-43-17-9-5-13-39(43)40-14-6-10-18-44(40)47/h3-29H,1-2H3. The number of para-hydroxylation sites is 4. The van der Waals surface area contributed by atoms with E-state index in [0.717, 1.165) is 28.4 Å². The fraction of sp³-hybridized carbons (Fsp3) is 0.0455. The van der Waals surface area contributed by atoms with Gasteiger partial charge in [-0.05, 0) is 110 Å². The molecular formula is C44H33N3. The lowest BCUT2D eigenvalue weighted by Gasteiger charge is -2.27. The van der Waals surface area contributed by atoms with Gasteiger partial charge < -0.3 is 14.0 Å². The summed E-state index contributed by atoms with van der Waals surface area (Å²) in [4.78, 5) is 2.37. The van der Waals surface area contributed by atoms with Gasteiger partial charge in [0.1, 0.15) is 0 Å². The molecule has 0 unspecified atom stereocenters. The Balaban J connectivity index is 1.17. The van der Waals surface area contributed by atoms with Crippen LogP contribution in [0.3, 0.4) is 0 Å². The van der Waals surface area contributed by atoms with Gasteiger partial charge in [-0.15, -0.1) is 0 Å². The van der Waals surface area contributed by atoms with Gasteiger partial charge in [0.25, 0.3) is 0 Å². The first kappa shape index (κ1) is 27.3. The van der Waals surface area contributed by atoms with Gasteiger partial charge in [-0.1, -0.05) is 78.9 Å². The summed E-state index contributed by atoms with van der Waals surface area (Å²) >= 11 is 0. The molecule has 0 bridgehead atoms. The molecule has 9 aromatic rings. The van der Waals surface area contributed by atoms with Crippen molar-refractivity contribution >= 4 is 60.7 Å². The van der Waals surface area contributed by atoms with Gasteiger partial charge in [-0.3, -0.25) is 0 Å². The average molecular weight is 604 g/mol. The van der Waals surface area contributed by atoms with E-state index < -0.39 is 0 Å². The lowest BCUT2D eigenvalue weighted by molar-refractivity contribution is 1.16. The third-order valence-corrected chi connectivity index (χ3v) is 9.36. The predicted octanol–water partition coefficient (Wildman–Crippen LogP) is 12.0. The number of rotatable bonds is 5. The minimum absolute atomic E-state index is 1.11. The van der Waals surface area contributed by atoms with Crippen molar-refractivity contribution in [2.45, 2.75) is 13.8 Å². The SMILES string of the molecule is Cc1cc(C)cc(N(c2ccc(-n3c4ccccc4c4ccccc43)cc2)c2ccc(-n3c4ccccc4c4ccccc43)cc2)c1. The summed E-state index contributed by atoms with van der Waals surface area (Å²) in [5.74, 6) is 0. The minimum atomic E-state index is 1.11. The van der Waals surface area contributed by atoms with Crippen molar-refractivity contribution in [3.63, 3.8) is 0 Å². The topological polar surface area (TPSA) is 13.1 Å². The van der Waals surface area contributed by atoms with Gasteiger partial charge in [-0.25, -0.2) is 0 Å². The van der Waals surface area contributed by atoms with Crippen LogP contribution >= 0.6 is 0 Å². The van der Waals surface area contributed by atoms with Crippen LogP contribution in [-0.2, 0) is 0 Å². The second-order valence-electron chi connectivity index (χ2n) is 12.5. The molecule has 0 saturated carbocycles. The van der Waals surface area contributed by atoms with E-state index in [9.17, 15) is 0 Å². The third kappa shape index (κ3) is 4.43. The number of nitrogens with zero attached hydrogens (tertiary/aromatic N) is 3. The number of hydrogen-bond acceptors (Lipinski definition) is 1. The molecule has 3 nitrogen and oxygen atoms in total. The second-order valence-corrected chi connectivity index (χ2v) is 12.5. The van der Waals surface area contributed by atoms with Crippen LogP contribution in [0.25, 0.3) is 55.0 Å². The van der Waals surface area contributed by atoms with E-state index in [4.69, 9.17) is 0 Å². The molecule has 0 atom stereocenters. The van der Waals surface area contributed by atoms with Crippen molar-refractivity contribution in [2.75, 3.05) is 4.90 Å². The number of benzene rings is 7. The van der Waals surface area contributed by atoms with E-state index in [0.29, 0.717) is 0 Å². The van der Waals surface area contributed by atoms with Crippen LogP contribution in [0.5, 0.6) is 0 Å². The van der Waals surface area contributed by atoms with Crippen LogP contribution in [0.2, 0.25) is 0 Å². The van der Waals surface area contributed by atoms with Crippen molar-refractivity contribution in [3.8, 4) is 11.4 Å². The molecule has 0 aliphatic rings. The zero-order valence-corrected chi connectivity index (χ0v) is 26.4. The summed E-state index contributed by atoms with van der Waals surface area (Å²) < 4.78 is 4.74. The highest BCUT2D eigenvalue weighted by atomic mass is 15.1. The highest BCUT2D eigenvalue weighted by molar-refractivity contribution is 6.10. The molecule has 2 heterocycles. The second kappa shape index (κ2) is 10.8. The molecule has 0 aliphatic heterocycles. The van der Waals surface area contributed by atoms with Gasteiger partial charge in [-0.2, -0.15) is 0 Å². The Hall–Kier alpha value is -6.06. The number of aromatic nitrogens is 2. The maximum Gasteiger partial charge on any atom is 0.0541 e. The van der Waals surface area contributed by atoms with Crippen LogP contribution < -0.4 is 4.90 Å². The zero-order chi connectivity index (χ0) is 31.5. The fourth-order valence-electron chi connectivity index (χ4n) is 7.43. The molecule has 0 radical (unpaired) electrons. The first-order chi connectivity index (χ1) is 23.1. The molecule has 0 aliphatic carbocycles. The molecule has 47 heavy (non-hydrogen) atoms. The maximum atomic E-state index is 2.37. The van der Waals surface area contributed by atoms with Gasteiger partial charge >= 0.3 is 0 Å². The van der Waals surface area contributed by atoms with E-state index in [2.05, 4.69) is 192 Å². The van der Waals surface area contributed by atoms with Crippen LogP contribution in [0, 0.1) is 13.8 Å². The maximum absolute atomic E-state index is 2.37. The number of aryl methyl sites for hydroxylation is 2. The summed E-state index contributed by atoms with van der Waals surface area (Å²) in [7, 11) is 0. The molecule has 224 valence electrons. The first-order valence-corrected chi connectivity index (χ1v) is 16.2. The highest BCUT2D eigenvalue weighted by Gasteiger charge is 2.17. The monoisotopic (exact) mass is 603 g/mol. The van der Waals surface area contributed by atoms with Crippen molar-refractivity contribution in [3.05, 3.63) is 175 Å². The Morgan fingerprint density at radius 3 is 1.00 bits per heavy atom. The van der Waals surface area contributed by atoms with E-state index in [1.54, 1.807) is 0 Å². The fourth-order valence-corrected chi connectivity index (χ4v) is 7.43. The van der Waals surface area contributed by atoms with Crippen LogP contribution in [0.15, 0.2) is 164 Å². The highest BCUT2D eigenvalue weighted by Crippen LogP contribution is 2.39. The van der Waals surface area contributed by atoms with E-state index >= 15 is 0 Å². The zero-order valence-electron chi connectivity index (χ0n) is 26.4. The summed E-state index contributed by atoms with van der Waals surface area (Å²) in [6.45, 7) is 4.34. The van der Waals surface area contributed by atoms with Gasteiger partial charge in [0, 0.05) is 50.0 Å². The van der Waals surface area contributed by atoms with Crippen molar-refractivity contribution < 1.29 is 0 Å². The van der Waals surface area contributed by atoms with Gasteiger partial charge in [0.2, 0.25) is 0 Å². The Bertz CT molecular complexity index is 2300. The molecule has 0 spiro atoms. The van der Waals surface area contributed by atoms with Crippen LogP contribution in [0.1, 0.15) is 11.1 Å².